The third-order valence-electron chi connectivity index (χ3n) is 3.29. The van der Waals surface area contributed by atoms with Gasteiger partial charge in [0.1, 0.15) is 24.0 Å². The Morgan fingerprint density at radius 3 is 3.09 bits per heavy atom. The van der Waals surface area contributed by atoms with Crippen LogP contribution < -0.4 is 5.32 Å². The molecule has 0 aliphatic heterocycles. The van der Waals surface area contributed by atoms with Crippen LogP contribution in [-0.4, -0.2) is 36.6 Å². The van der Waals surface area contributed by atoms with Crippen molar-refractivity contribution in [1.82, 2.24) is 29.9 Å². The minimum atomic E-state index is -0.468. The molecule has 0 saturated carbocycles. The van der Waals surface area contributed by atoms with Gasteiger partial charge in [0, 0.05) is 6.20 Å². The van der Waals surface area contributed by atoms with Gasteiger partial charge in [-0.05, 0) is 6.07 Å². The van der Waals surface area contributed by atoms with Crippen LogP contribution in [0.5, 0.6) is 0 Å². The second kappa shape index (κ2) is 5.52. The van der Waals surface area contributed by atoms with Gasteiger partial charge in [0.2, 0.25) is 0 Å². The van der Waals surface area contributed by atoms with Gasteiger partial charge in [-0.25, -0.2) is 14.4 Å². The summed E-state index contributed by atoms with van der Waals surface area (Å²) < 4.78 is 19.0. The van der Waals surface area contributed by atoms with Crippen LogP contribution in [0.3, 0.4) is 0 Å². The van der Waals surface area contributed by atoms with Crippen LogP contribution in [0, 0.1) is 0 Å². The predicted octanol–water partition coefficient (Wildman–Crippen LogP) is 2.52. The highest BCUT2D eigenvalue weighted by atomic mass is 19.1. The highest BCUT2D eigenvalue weighted by Crippen LogP contribution is 2.25. The molecule has 2 N–H and O–H groups in total. The molecule has 0 amide bonds. The Kier molecular flexibility index (Phi) is 3.22. The lowest BCUT2D eigenvalue weighted by Crippen LogP contribution is -2.00. The van der Waals surface area contributed by atoms with Crippen molar-refractivity contribution in [3.05, 3.63) is 37.2 Å². The van der Waals surface area contributed by atoms with Gasteiger partial charge < -0.3 is 9.73 Å². The molecule has 9 heteroatoms. The summed E-state index contributed by atoms with van der Waals surface area (Å²) in [4.78, 5) is 8.94. The molecule has 4 rings (SSSR count). The smallest absolute Gasteiger partial charge is 0.165 e. The number of hydrogen-bond donors (Lipinski definition) is 2. The highest BCUT2D eigenvalue weighted by Gasteiger charge is 2.12. The summed E-state index contributed by atoms with van der Waals surface area (Å²) in [6, 6.07) is 1.78. The van der Waals surface area contributed by atoms with Crippen molar-refractivity contribution < 1.29 is 8.81 Å². The lowest BCUT2D eigenvalue weighted by molar-refractivity contribution is 0.427. The Morgan fingerprint density at radius 1 is 1.30 bits per heavy atom. The zero-order valence-corrected chi connectivity index (χ0v) is 11.9. The van der Waals surface area contributed by atoms with Crippen molar-refractivity contribution in [3.63, 3.8) is 0 Å². The number of rotatable bonds is 5. The molecule has 8 nitrogen and oxygen atoms in total. The Morgan fingerprint density at radius 2 is 2.26 bits per heavy atom. The molecule has 4 heterocycles. The van der Waals surface area contributed by atoms with Gasteiger partial charge in [-0.1, -0.05) is 0 Å². The first-order valence-electron chi connectivity index (χ1n) is 6.92. The molecule has 4 aromatic heterocycles. The van der Waals surface area contributed by atoms with Gasteiger partial charge in [0.15, 0.2) is 11.6 Å². The third-order valence-corrected chi connectivity index (χ3v) is 3.29. The van der Waals surface area contributed by atoms with Crippen molar-refractivity contribution in [1.29, 1.82) is 0 Å². The van der Waals surface area contributed by atoms with E-state index in [9.17, 15) is 4.39 Å². The summed E-state index contributed by atoms with van der Waals surface area (Å²) in [5, 5.41) is 14.1. The van der Waals surface area contributed by atoms with Crippen LogP contribution in [0.4, 0.5) is 15.9 Å². The van der Waals surface area contributed by atoms with Crippen molar-refractivity contribution in [2.75, 3.05) is 12.0 Å². The molecule has 0 fully saturated rings. The molecule has 0 unspecified atom stereocenters. The fraction of sp³-hybridized carbons (Fsp3) is 0.143. The number of nitrogens with zero attached hydrogens (tertiary/aromatic N) is 5. The summed E-state index contributed by atoms with van der Waals surface area (Å²) in [6.45, 7) is -0.255. The van der Waals surface area contributed by atoms with Gasteiger partial charge in [-0.3, -0.25) is 9.78 Å². The first-order chi connectivity index (χ1) is 11.3. The number of anilines is 2. The zero-order valence-electron chi connectivity index (χ0n) is 11.9. The number of nitrogens with one attached hydrogen (secondary N) is 2. The number of aryl methyl sites for hydroxylation is 1. The molecule has 0 saturated heterocycles. The summed E-state index contributed by atoms with van der Waals surface area (Å²) in [6.07, 6.45) is 8.08. The van der Waals surface area contributed by atoms with Crippen LogP contribution in [0.2, 0.25) is 0 Å². The number of furan rings is 1. The summed E-state index contributed by atoms with van der Waals surface area (Å²) in [7, 11) is 0. The zero-order chi connectivity index (χ0) is 15.6. The van der Waals surface area contributed by atoms with E-state index in [4.69, 9.17) is 4.42 Å². The lowest BCUT2D eigenvalue weighted by atomic mass is 10.3. The molecule has 0 aliphatic carbocycles. The van der Waals surface area contributed by atoms with Gasteiger partial charge in [-0.15, -0.1) is 0 Å². The molecule has 0 atom stereocenters. The lowest BCUT2D eigenvalue weighted by Gasteiger charge is -2.05. The van der Waals surface area contributed by atoms with E-state index in [0.717, 1.165) is 5.56 Å². The maximum Gasteiger partial charge on any atom is 0.165 e. The van der Waals surface area contributed by atoms with E-state index in [1.807, 2.05) is 0 Å². The fourth-order valence-corrected chi connectivity index (χ4v) is 2.22. The minimum Gasteiger partial charge on any atom is -0.472 e. The molecule has 4 aromatic rings. The van der Waals surface area contributed by atoms with E-state index in [1.165, 1.54) is 4.68 Å². The molecule has 0 bridgehead atoms. The molecule has 0 aromatic carbocycles. The average molecular weight is 313 g/mol. The first-order valence-corrected chi connectivity index (χ1v) is 6.92. The monoisotopic (exact) mass is 313 g/mol. The van der Waals surface area contributed by atoms with Crippen LogP contribution in [-0.2, 0) is 6.54 Å². The average Bonchev–Trinajstić information content (AvgIpc) is 3.29. The quantitative estimate of drug-likeness (QED) is 0.587. The topological polar surface area (TPSA) is 97.5 Å². The van der Waals surface area contributed by atoms with Crippen LogP contribution in [0.1, 0.15) is 0 Å². The summed E-state index contributed by atoms with van der Waals surface area (Å²) in [5.41, 5.74) is 2.82. The van der Waals surface area contributed by atoms with E-state index in [2.05, 4.69) is 30.6 Å². The molecule has 0 aliphatic rings. The number of halogens is 1. The van der Waals surface area contributed by atoms with E-state index < -0.39 is 6.67 Å². The molecular formula is C14H12FN7O. The number of aromatic nitrogens is 6. The van der Waals surface area contributed by atoms with Gasteiger partial charge in [0.05, 0.1) is 36.5 Å². The Labute approximate surface area is 129 Å². The van der Waals surface area contributed by atoms with Crippen molar-refractivity contribution in [2.24, 2.45) is 0 Å². The molecule has 0 radical (unpaired) electrons. The molecule has 116 valence electrons. The number of H-pyrrole nitrogens is 1. The van der Waals surface area contributed by atoms with Crippen LogP contribution in [0.25, 0.3) is 22.4 Å². The first kappa shape index (κ1) is 13.4. The number of fused-ring (bicyclic) bond motifs is 1. The van der Waals surface area contributed by atoms with Crippen molar-refractivity contribution >= 4 is 22.5 Å². The highest BCUT2D eigenvalue weighted by molar-refractivity contribution is 5.88. The minimum absolute atomic E-state index is 0.213. The van der Waals surface area contributed by atoms with Gasteiger partial charge in [0.25, 0.3) is 0 Å². The van der Waals surface area contributed by atoms with Crippen LogP contribution >= 0.6 is 0 Å². The van der Waals surface area contributed by atoms with Crippen LogP contribution in [0.15, 0.2) is 41.6 Å². The van der Waals surface area contributed by atoms with E-state index >= 15 is 0 Å². The van der Waals surface area contributed by atoms with E-state index in [0.29, 0.717) is 28.4 Å². The van der Waals surface area contributed by atoms with E-state index in [-0.39, 0.29) is 6.54 Å². The van der Waals surface area contributed by atoms with Crippen molar-refractivity contribution in [3.8, 4) is 11.4 Å². The largest absolute Gasteiger partial charge is 0.472 e. The van der Waals surface area contributed by atoms with Gasteiger partial charge in [-0.2, -0.15) is 10.2 Å². The third kappa shape index (κ3) is 2.52. The Hall–Kier alpha value is -3.23. The number of alkyl halides is 1. The Balaban J connectivity index is 1.74. The predicted molar refractivity (Wildman–Crippen MR) is 80.9 cm³/mol. The molecule has 0 spiro atoms. The maximum absolute atomic E-state index is 12.4. The molecule has 23 heavy (non-hydrogen) atoms. The number of aromatic amines is 1. The second-order valence-corrected chi connectivity index (χ2v) is 4.84. The second-order valence-electron chi connectivity index (χ2n) is 4.84. The Bertz CT molecular complexity index is 928. The van der Waals surface area contributed by atoms with E-state index in [1.54, 1.807) is 37.2 Å². The number of hydrogen-bond acceptors (Lipinski definition) is 6. The SMILES string of the molecule is FCCn1cc(Nc2nc(-c3ccoc3)nc3cn[nH]c23)cn1. The van der Waals surface area contributed by atoms with Crippen molar-refractivity contribution in [2.45, 2.75) is 6.54 Å². The molecular weight excluding hydrogens is 301 g/mol. The normalized spacial score (nSPS) is 11.2. The fourth-order valence-electron chi connectivity index (χ4n) is 2.22. The standard InChI is InChI=1S/C14H12FN7O/c15-2-3-22-7-10(5-17-22)18-14-12-11(6-16-21-12)19-13(20-14)9-1-4-23-8-9/h1,4-8H,2-3H2,(H,16,21)(H,18,19,20). The maximum atomic E-state index is 12.4. The summed E-state index contributed by atoms with van der Waals surface area (Å²) >= 11 is 0. The summed E-state index contributed by atoms with van der Waals surface area (Å²) in [5.74, 6) is 1.08. The van der Waals surface area contributed by atoms with Gasteiger partial charge >= 0.3 is 0 Å².